The van der Waals surface area contributed by atoms with Crippen molar-refractivity contribution >= 4 is 41.5 Å². The molecule has 0 heterocycles. The molecule has 0 bridgehead atoms. The van der Waals surface area contributed by atoms with Gasteiger partial charge in [0.25, 0.3) is 0 Å². The van der Waals surface area contributed by atoms with Crippen LogP contribution in [-0.4, -0.2) is 81.6 Å². The Balaban J connectivity index is 5.74. The van der Waals surface area contributed by atoms with Crippen molar-refractivity contribution in [2.75, 3.05) is 6.54 Å². The van der Waals surface area contributed by atoms with Gasteiger partial charge >= 0.3 is 11.9 Å². The van der Waals surface area contributed by atoms with E-state index in [1.165, 1.54) is 5.48 Å². The van der Waals surface area contributed by atoms with Crippen molar-refractivity contribution in [3.63, 3.8) is 0 Å². The highest BCUT2D eigenvalue weighted by Gasteiger charge is 2.33. The van der Waals surface area contributed by atoms with Gasteiger partial charge in [0.1, 0.15) is 18.1 Å². The number of carboxylic acid groups (broad SMARTS) is 2. The van der Waals surface area contributed by atoms with Crippen LogP contribution < -0.4 is 32.9 Å². The topological polar surface area (TPSA) is 280 Å². The van der Waals surface area contributed by atoms with Crippen LogP contribution in [0.1, 0.15) is 58.8 Å². The van der Waals surface area contributed by atoms with Crippen LogP contribution in [0.4, 0.5) is 0 Å². The smallest absolute Gasteiger partial charge is 0.305 e. The number of nitrogens with two attached hydrogens (primary N) is 2. The number of aliphatic carboxylic acids is 2. The molecule has 0 aromatic heterocycles. The third-order valence-corrected chi connectivity index (χ3v) is 5.31. The molecular formula is C22H38N6O10. The minimum Gasteiger partial charge on any atom is -0.481 e. The van der Waals surface area contributed by atoms with E-state index in [4.69, 9.17) is 16.7 Å². The standard InChI is InChI=1S/C22H38N6O10/c1-11(2)7-12(8-16(29)28-38)20(35)26-14(9-17(30)31)22(37)27-15(10-18(32)33)21(36)25-13(19(24)34)5-3-4-6-23/h11-15,38H,3-10,23H2,1-2H3,(H2,24,34)(H,25,36)(H,26,35)(H,27,37)(H,28,29)(H,30,31)(H,32,33)/t12-,13+,14+,15+/m1/s1. The summed E-state index contributed by atoms with van der Waals surface area (Å²) in [5.74, 6) is -8.98. The molecule has 38 heavy (non-hydrogen) atoms. The molecule has 16 nitrogen and oxygen atoms in total. The summed E-state index contributed by atoms with van der Waals surface area (Å²) < 4.78 is 0. The number of carboxylic acids is 2. The SMILES string of the molecule is CC(C)C[C@H](CC(=O)NO)C(=O)N[C@@H](CC(=O)O)C(=O)N[C@@H](CC(=O)O)C(=O)N[C@@H](CCCCN)C(N)=O. The Kier molecular flexibility index (Phi) is 15.9. The molecule has 0 rings (SSSR count). The zero-order valence-corrected chi connectivity index (χ0v) is 21.4. The fraction of sp³-hybridized carbons (Fsp3) is 0.682. The van der Waals surface area contributed by atoms with Crippen molar-refractivity contribution in [2.24, 2.45) is 23.3 Å². The summed E-state index contributed by atoms with van der Waals surface area (Å²) in [7, 11) is 0. The number of nitrogens with one attached hydrogen (secondary N) is 4. The minimum atomic E-state index is -1.74. The molecule has 0 fully saturated rings. The van der Waals surface area contributed by atoms with Crippen LogP contribution >= 0.6 is 0 Å². The number of primary amides is 1. The summed E-state index contributed by atoms with van der Waals surface area (Å²) in [6.07, 6.45) is -1.08. The Labute approximate surface area is 219 Å². The molecule has 5 amide bonds. The Morgan fingerprint density at radius 1 is 0.737 bits per heavy atom. The lowest BCUT2D eigenvalue weighted by atomic mass is 9.92. The zero-order valence-electron chi connectivity index (χ0n) is 21.4. The van der Waals surface area contributed by atoms with Gasteiger partial charge in [0.2, 0.25) is 29.5 Å². The number of unbranched alkanes of at least 4 members (excludes halogenated alkanes) is 1. The summed E-state index contributed by atoms with van der Waals surface area (Å²) in [6, 6.07) is -4.66. The van der Waals surface area contributed by atoms with Crippen LogP contribution in [0.2, 0.25) is 0 Å². The van der Waals surface area contributed by atoms with Crippen molar-refractivity contribution in [2.45, 2.75) is 76.9 Å². The van der Waals surface area contributed by atoms with Crippen molar-refractivity contribution in [1.29, 1.82) is 0 Å². The van der Waals surface area contributed by atoms with Crippen LogP contribution in [0.25, 0.3) is 0 Å². The highest BCUT2D eigenvalue weighted by atomic mass is 16.5. The average molecular weight is 547 g/mol. The maximum absolute atomic E-state index is 12.9. The van der Waals surface area contributed by atoms with Gasteiger partial charge in [-0.25, -0.2) is 5.48 Å². The quantitative estimate of drug-likeness (QED) is 0.0466. The Morgan fingerprint density at radius 3 is 1.61 bits per heavy atom. The molecule has 0 aromatic carbocycles. The number of amides is 5. The molecule has 16 heteroatoms. The van der Waals surface area contributed by atoms with E-state index in [0.29, 0.717) is 19.4 Å². The van der Waals surface area contributed by atoms with Gasteiger partial charge in [-0.15, -0.1) is 0 Å². The first kappa shape index (κ1) is 34.2. The second-order valence-corrected chi connectivity index (χ2v) is 9.13. The number of hydrogen-bond donors (Lipinski definition) is 9. The van der Waals surface area contributed by atoms with Gasteiger partial charge in [0, 0.05) is 12.3 Å². The van der Waals surface area contributed by atoms with Crippen molar-refractivity contribution < 1.29 is 49.0 Å². The molecule has 0 saturated heterocycles. The molecule has 0 saturated carbocycles. The van der Waals surface area contributed by atoms with Gasteiger partial charge in [-0.2, -0.15) is 0 Å². The molecule has 0 radical (unpaired) electrons. The predicted molar refractivity (Wildman–Crippen MR) is 130 cm³/mol. The van der Waals surface area contributed by atoms with Crippen LogP contribution in [0.3, 0.4) is 0 Å². The lowest BCUT2D eigenvalue weighted by Crippen LogP contribution is -2.57. The van der Waals surface area contributed by atoms with Gasteiger partial charge in [0.05, 0.1) is 12.8 Å². The van der Waals surface area contributed by atoms with Crippen LogP contribution in [0, 0.1) is 11.8 Å². The Bertz CT molecular complexity index is 866. The molecule has 0 unspecified atom stereocenters. The summed E-state index contributed by atoms with van der Waals surface area (Å²) in [6.45, 7) is 3.84. The van der Waals surface area contributed by atoms with Crippen molar-refractivity contribution in [3.8, 4) is 0 Å². The summed E-state index contributed by atoms with van der Waals surface area (Å²) in [5.41, 5.74) is 12.1. The lowest BCUT2D eigenvalue weighted by Gasteiger charge is -2.25. The van der Waals surface area contributed by atoms with Crippen LogP contribution in [0.15, 0.2) is 0 Å². The summed E-state index contributed by atoms with van der Waals surface area (Å²) >= 11 is 0. The fourth-order valence-corrected chi connectivity index (χ4v) is 3.50. The fourth-order valence-electron chi connectivity index (χ4n) is 3.50. The largest absolute Gasteiger partial charge is 0.481 e. The number of carbonyl (C=O) groups excluding carboxylic acids is 5. The number of hydroxylamine groups is 1. The van der Waals surface area contributed by atoms with E-state index in [1.54, 1.807) is 13.8 Å². The average Bonchev–Trinajstić information content (AvgIpc) is 2.80. The third kappa shape index (κ3) is 14.1. The molecule has 4 atom stereocenters. The zero-order chi connectivity index (χ0) is 29.4. The molecule has 0 aliphatic heterocycles. The monoisotopic (exact) mass is 546 g/mol. The first-order chi connectivity index (χ1) is 17.7. The normalized spacial score (nSPS) is 13.9. The van der Waals surface area contributed by atoms with E-state index >= 15 is 0 Å². The maximum Gasteiger partial charge on any atom is 0.305 e. The maximum atomic E-state index is 12.9. The number of carbonyl (C=O) groups is 7. The van der Waals surface area contributed by atoms with Gasteiger partial charge in [-0.05, 0) is 38.1 Å². The van der Waals surface area contributed by atoms with Crippen molar-refractivity contribution in [3.05, 3.63) is 0 Å². The van der Waals surface area contributed by atoms with E-state index in [9.17, 15) is 43.8 Å². The van der Waals surface area contributed by atoms with Gasteiger partial charge in [0.15, 0.2) is 0 Å². The molecule has 216 valence electrons. The van der Waals surface area contributed by atoms with E-state index < -0.39 is 84.8 Å². The van der Waals surface area contributed by atoms with E-state index in [0.717, 1.165) is 0 Å². The van der Waals surface area contributed by atoms with E-state index in [2.05, 4.69) is 16.0 Å². The first-order valence-corrected chi connectivity index (χ1v) is 12.0. The second-order valence-electron chi connectivity index (χ2n) is 9.13. The highest BCUT2D eigenvalue weighted by Crippen LogP contribution is 2.16. The molecule has 0 aliphatic rings. The summed E-state index contributed by atoms with van der Waals surface area (Å²) in [4.78, 5) is 84.3. The molecule has 11 N–H and O–H groups in total. The Hall–Kier alpha value is -3.79. The van der Waals surface area contributed by atoms with Crippen LogP contribution in [-0.2, 0) is 33.6 Å². The summed E-state index contributed by atoms with van der Waals surface area (Å²) in [5, 5.41) is 33.8. The first-order valence-electron chi connectivity index (χ1n) is 12.0. The lowest BCUT2D eigenvalue weighted by molar-refractivity contribution is -0.144. The highest BCUT2D eigenvalue weighted by molar-refractivity contribution is 5.97. The van der Waals surface area contributed by atoms with Crippen molar-refractivity contribution in [1.82, 2.24) is 21.4 Å². The minimum absolute atomic E-state index is 0.0873. The number of hydrogen-bond acceptors (Lipinski definition) is 9. The molecule has 0 aliphatic carbocycles. The van der Waals surface area contributed by atoms with E-state index in [-0.39, 0.29) is 18.8 Å². The van der Waals surface area contributed by atoms with Gasteiger partial charge in [-0.1, -0.05) is 13.8 Å². The van der Waals surface area contributed by atoms with E-state index in [1.807, 2.05) is 0 Å². The van der Waals surface area contributed by atoms with Gasteiger partial charge in [-0.3, -0.25) is 38.8 Å². The molecule has 0 spiro atoms. The van der Waals surface area contributed by atoms with Crippen LogP contribution in [0.5, 0.6) is 0 Å². The Morgan fingerprint density at radius 2 is 1.21 bits per heavy atom. The molecular weight excluding hydrogens is 508 g/mol. The van der Waals surface area contributed by atoms with Gasteiger partial charge < -0.3 is 37.6 Å². The predicted octanol–water partition coefficient (Wildman–Crippen LogP) is -2.44. The third-order valence-electron chi connectivity index (χ3n) is 5.31. The number of rotatable bonds is 19. The second kappa shape index (κ2) is 17.6. The molecule has 0 aromatic rings.